The molecule has 3 aromatic rings. The molecule has 0 fully saturated rings. The van der Waals surface area contributed by atoms with Crippen LogP contribution in [0.15, 0.2) is 48.5 Å². The van der Waals surface area contributed by atoms with Crippen LogP contribution in [0.3, 0.4) is 0 Å². The topological polar surface area (TPSA) is 67.6 Å². The Hall–Kier alpha value is -2.77. The molecular weight excluding hydrogens is 296 g/mol. The lowest BCUT2D eigenvalue weighted by Crippen LogP contribution is -2.02. The van der Waals surface area contributed by atoms with Gasteiger partial charge in [0.25, 0.3) is 0 Å². The van der Waals surface area contributed by atoms with Crippen molar-refractivity contribution in [2.24, 2.45) is 0 Å². The molecule has 0 spiro atoms. The van der Waals surface area contributed by atoms with Gasteiger partial charge in [-0.15, -0.1) is 0 Å². The van der Waals surface area contributed by atoms with Gasteiger partial charge in [-0.2, -0.15) is 10.4 Å². The number of nitriles is 1. The Labute approximate surface area is 133 Å². The number of anilines is 1. The second-order valence-electron chi connectivity index (χ2n) is 4.97. The highest BCUT2D eigenvalue weighted by atomic mass is 35.5. The van der Waals surface area contributed by atoms with Gasteiger partial charge in [-0.25, -0.2) is 4.68 Å². The average molecular weight is 309 g/mol. The Morgan fingerprint density at radius 1 is 1.09 bits per heavy atom. The van der Waals surface area contributed by atoms with Crippen LogP contribution < -0.4 is 5.73 Å². The van der Waals surface area contributed by atoms with Gasteiger partial charge in [-0.05, 0) is 31.2 Å². The fourth-order valence-electron chi connectivity index (χ4n) is 2.23. The largest absolute Gasteiger partial charge is 0.382 e. The first-order valence-electron chi connectivity index (χ1n) is 6.71. The van der Waals surface area contributed by atoms with Crippen molar-refractivity contribution in [2.45, 2.75) is 6.92 Å². The van der Waals surface area contributed by atoms with Gasteiger partial charge >= 0.3 is 0 Å². The van der Waals surface area contributed by atoms with Crippen LogP contribution in [0.4, 0.5) is 5.82 Å². The molecule has 0 radical (unpaired) electrons. The van der Waals surface area contributed by atoms with Gasteiger partial charge in [0.2, 0.25) is 0 Å². The summed E-state index contributed by atoms with van der Waals surface area (Å²) in [5, 5.41) is 14.6. The lowest BCUT2D eigenvalue weighted by Gasteiger charge is -2.03. The predicted octanol–water partition coefficient (Wildman–Crippen LogP) is 3.96. The van der Waals surface area contributed by atoms with Gasteiger partial charge in [-0.1, -0.05) is 41.4 Å². The minimum absolute atomic E-state index is 0.320. The summed E-state index contributed by atoms with van der Waals surface area (Å²) in [6, 6.07) is 17.1. The summed E-state index contributed by atoms with van der Waals surface area (Å²) < 4.78 is 1.56. The van der Waals surface area contributed by atoms with E-state index in [2.05, 4.69) is 11.2 Å². The molecule has 0 amide bonds. The predicted molar refractivity (Wildman–Crippen MR) is 87.9 cm³/mol. The molecule has 0 atom stereocenters. The number of nitrogens with two attached hydrogens (primary N) is 1. The number of aryl methyl sites for hydroxylation is 1. The van der Waals surface area contributed by atoms with Crippen molar-refractivity contribution in [1.29, 1.82) is 5.26 Å². The highest BCUT2D eigenvalue weighted by Gasteiger charge is 2.17. The normalized spacial score (nSPS) is 10.4. The van der Waals surface area contributed by atoms with Gasteiger partial charge in [0, 0.05) is 10.6 Å². The van der Waals surface area contributed by atoms with Crippen LogP contribution in [0, 0.1) is 18.3 Å². The summed E-state index contributed by atoms with van der Waals surface area (Å²) in [4.78, 5) is 0. The van der Waals surface area contributed by atoms with Gasteiger partial charge < -0.3 is 5.73 Å². The first-order chi connectivity index (χ1) is 10.6. The number of hydrogen-bond donors (Lipinski definition) is 1. The first kappa shape index (κ1) is 14.2. The molecule has 108 valence electrons. The number of hydrogen-bond acceptors (Lipinski definition) is 3. The van der Waals surface area contributed by atoms with Crippen molar-refractivity contribution >= 4 is 17.4 Å². The summed E-state index contributed by atoms with van der Waals surface area (Å²) >= 11 is 5.90. The Morgan fingerprint density at radius 2 is 1.73 bits per heavy atom. The first-order valence-corrected chi connectivity index (χ1v) is 7.09. The van der Waals surface area contributed by atoms with Crippen LogP contribution in [0.25, 0.3) is 16.9 Å². The van der Waals surface area contributed by atoms with E-state index < -0.39 is 0 Å². The molecule has 0 aliphatic carbocycles. The minimum Gasteiger partial charge on any atom is -0.382 e. The van der Waals surface area contributed by atoms with E-state index in [1.807, 2.05) is 43.3 Å². The third-order valence-electron chi connectivity index (χ3n) is 3.43. The maximum atomic E-state index is 9.42. The van der Waals surface area contributed by atoms with Crippen LogP contribution in [0.2, 0.25) is 5.02 Å². The molecule has 4 nitrogen and oxygen atoms in total. The number of nitrogens with zero attached hydrogens (tertiary/aromatic N) is 3. The Morgan fingerprint density at radius 3 is 2.32 bits per heavy atom. The standard InChI is InChI=1S/C17H13ClN4/c1-11-2-4-12(5-3-11)16-15(10-19)17(20)22(21-16)14-8-6-13(18)7-9-14/h2-9H,20H2,1H3. The second-order valence-corrected chi connectivity index (χ2v) is 5.41. The monoisotopic (exact) mass is 308 g/mol. The number of benzene rings is 2. The highest BCUT2D eigenvalue weighted by Crippen LogP contribution is 2.29. The van der Waals surface area contributed by atoms with E-state index in [1.54, 1.807) is 16.8 Å². The summed E-state index contributed by atoms with van der Waals surface area (Å²) in [5.74, 6) is 0.320. The van der Waals surface area contributed by atoms with Crippen LogP contribution in [-0.4, -0.2) is 9.78 Å². The summed E-state index contributed by atoms with van der Waals surface area (Å²) in [7, 11) is 0. The molecule has 3 rings (SSSR count). The van der Waals surface area contributed by atoms with Crippen LogP contribution in [0.1, 0.15) is 11.1 Å². The maximum Gasteiger partial charge on any atom is 0.145 e. The molecule has 22 heavy (non-hydrogen) atoms. The second kappa shape index (κ2) is 5.55. The smallest absolute Gasteiger partial charge is 0.145 e. The molecule has 0 aliphatic rings. The Balaban J connectivity index is 2.17. The lowest BCUT2D eigenvalue weighted by atomic mass is 10.1. The van der Waals surface area contributed by atoms with E-state index in [9.17, 15) is 5.26 Å². The molecule has 2 aromatic carbocycles. The van der Waals surface area contributed by atoms with Gasteiger partial charge in [-0.3, -0.25) is 0 Å². The van der Waals surface area contributed by atoms with Crippen LogP contribution in [-0.2, 0) is 0 Å². The zero-order chi connectivity index (χ0) is 15.7. The molecular formula is C17H13ClN4. The van der Waals surface area contributed by atoms with Crippen molar-refractivity contribution in [1.82, 2.24) is 9.78 Å². The third-order valence-corrected chi connectivity index (χ3v) is 3.68. The quantitative estimate of drug-likeness (QED) is 0.779. The molecule has 1 aromatic heterocycles. The van der Waals surface area contributed by atoms with E-state index in [1.165, 1.54) is 0 Å². The van der Waals surface area contributed by atoms with Crippen LogP contribution >= 0.6 is 11.6 Å². The van der Waals surface area contributed by atoms with Crippen molar-refractivity contribution < 1.29 is 0 Å². The van der Waals surface area contributed by atoms with Crippen molar-refractivity contribution in [3.63, 3.8) is 0 Å². The zero-order valence-corrected chi connectivity index (χ0v) is 12.7. The molecule has 1 heterocycles. The summed E-state index contributed by atoms with van der Waals surface area (Å²) in [5.41, 5.74) is 9.82. The molecule has 0 saturated heterocycles. The molecule has 2 N–H and O–H groups in total. The van der Waals surface area contributed by atoms with E-state index >= 15 is 0 Å². The molecule has 5 heteroatoms. The van der Waals surface area contributed by atoms with Gasteiger partial charge in [0.05, 0.1) is 5.69 Å². The van der Waals surface area contributed by atoms with E-state index in [0.717, 1.165) is 16.8 Å². The summed E-state index contributed by atoms with van der Waals surface area (Å²) in [6.07, 6.45) is 0. The molecule has 0 aliphatic heterocycles. The summed E-state index contributed by atoms with van der Waals surface area (Å²) in [6.45, 7) is 2.01. The molecule has 0 saturated carbocycles. The Bertz CT molecular complexity index is 855. The lowest BCUT2D eigenvalue weighted by molar-refractivity contribution is 0.895. The number of halogens is 1. The number of rotatable bonds is 2. The fourth-order valence-corrected chi connectivity index (χ4v) is 2.36. The zero-order valence-electron chi connectivity index (χ0n) is 11.9. The van der Waals surface area contributed by atoms with Gasteiger partial charge in [0.1, 0.15) is 23.1 Å². The fraction of sp³-hybridized carbons (Fsp3) is 0.0588. The average Bonchev–Trinajstić information content (AvgIpc) is 2.85. The minimum atomic E-state index is 0.320. The maximum absolute atomic E-state index is 9.42. The highest BCUT2D eigenvalue weighted by molar-refractivity contribution is 6.30. The number of nitrogen functional groups attached to an aromatic ring is 1. The van der Waals surface area contributed by atoms with E-state index in [0.29, 0.717) is 22.1 Å². The van der Waals surface area contributed by atoms with E-state index in [-0.39, 0.29) is 0 Å². The third kappa shape index (κ3) is 2.43. The van der Waals surface area contributed by atoms with Crippen molar-refractivity contribution in [2.75, 3.05) is 5.73 Å². The van der Waals surface area contributed by atoms with Crippen molar-refractivity contribution in [3.8, 4) is 23.0 Å². The number of aromatic nitrogens is 2. The van der Waals surface area contributed by atoms with E-state index in [4.69, 9.17) is 17.3 Å². The Kier molecular flexibility index (Phi) is 3.58. The van der Waals surface area contributed by atoms with Crippen LogP contribution in [0.5, 0.6) is 0 Å². The molecule has 0 bridgehead atoms. The van der Waals surface area contributed by atoms with Gasteiger partial charge in [0.15, 0.2) is 0 Å². The SMILES string of the molecule is Cc1ccc(-c2nn(-c3ccc(Cl)cc3)c(N)c2C#N)cc1. The molecule has 0 unspecified atom stereocenters. The van der Waals surface area contributed by atoms with Crippen molar-refractivity contribution in [3.05, 3.63) is 64.7 Å².